The maximum atomic E-state index is 11.4. The van der Waals surface area contributed by atoms with E-state index in [1.165, 1.54) is 0 Å². The summed E-state index contributed by atoms with van der Waals surface area (Å²) in [4.78, 5) is 19.2. The molecule has 0 saturated heterocycles. The van der Waals surface area contributed by atoms with Gasteiger partial charge in [0.05, 0.1) is 17.6 Å². The standard InChI is InChI=1S/C28H29N5O3/c34-21(18-36-26-11-5-8-19-6-1-3-9-22(19)26)16-29-15-14-20-7-2-4-10-23(20)28-30-17-25(31-28)24-12-13-27(35)33-32-24/h1-11,17,21,29,34H,12-16,18H2,(H,30,31)(H,33,35). The van der Waals surface area contributed by atoms with E-state index in [1.807, 2.05) is 60.7 Å². The van der Waals surface area contributed by atoms with Gasteiger partial charge in [0.25, 0.3) is 0 Å². The smallest absolute Gasteiger partial charge is 0.240 e. The van der Waals surface area contributed by atoms with E-state index in [-0.39, 0.29) is 12.5 Å². The van der Waals surface area contributed by atoms with Crippen LogP contribution in [0.3, 0.4) is 0 Å². The van der Waals surface area contributed by atoms with Crippen LogP contribution in [0.5, 0.6) is 5.75 Å². The van der Waals surface area contributed by atoms with Crippen LogP contribution in [0.2, 0.25) is 0 Å². The summed E-state index contributed by atoms with van der Waals surface area (Å²) in [5.41, 5.74) is 6.30. The fourth-order valence-electron chi connectivity index (χ4n) is 4.30. The van der Waals surface area contributed by atoms with E-state index in [0.29, 0.717) is 25.9 Å². The first-order valence-corrected chi connectivity index (χ1v) is 12.2. The summed E-state index contributed by atoms with van der Waals surface area (Å²) in [6.07, 6.45) is 2.93. The molecule has 36 heavy (non-hydrogen) atoms. The molecule has 0 aliphatic carbocycles. The lowest BCUT2D eigenvalue weighted by Crippen LogP contribution is -2.32. The zero-order chi connectivity index (χ0) is 24.7. The van der Waals surface area contributed by atoms with Crippen LogP contribution >= 0.6 is 0 Å². The topological polar surface area (TPSA) is 112 Å². The van der Waals surface area contributed by atoms with Crippen molar-refractivity contribution in [2.24, 2.45) is 5.10 Å². The maximum Gasteiger partial charge on any atom is 0.240 e. The molecule has 8 heteroatoms. The van der Waals surface area contributed by atoms with E-state index >= 15 is 0 Å². The van der Waals surface area contributed by atoms with Crippen LogP contribution in [0.1, 0.15) is 24.1 Å². The third-order valence-corrected chi connectivity index (χ3v) is 6.20. The van der Waals surface area contributed by atoms with Gasteiger partial charge in [-0.3, -0.25) is 4.79 Å². The van der Waals surface area contributed by atoms with Crippen LogP contribution in [0.15, 0.2) is 78.0 Å². The Kier molecular flexibility index (Phi) is 7.35. The van der Waals surface area contributed by atoms with Gasteiger partial charge >= 0.3 is 0 Å². The number of carbonyl (C=O) groups excluding carboxylic acids is 1. The average Bonchev–Trinajstić information content (AvgIpc) is 3.41. The fraction of sp³-hybridized carbons (Fsp3) is 0.250. The van der Waals surface area contributed by atoms with Crippen molar-refractivity contribution in [2.45, 2.75) is 25.4 Å². The van der Waals surface area contributed by atoms with Crippen LogP contribution in [0, 0.1) is 0 Å². The molecule has 1 aliphatic rings. The zero-order valence-corrected chi connectivity index (χ0v) is 19.9. The second-order valence-corrected chi connectivity index (χ2v) is 8.79. The zero-order valence-electron chi connectivity index (χ0n) is 19.9. The number of amides is 1. The number of fused-ring (bicyclic) bond motifs is 1. The predicted molar refractivity (Wildman–Crippen MR) is 140 cm³/mol. The molecule has 0 spiro atoms. The second-order valence-electron chi connectivity index (χ2n) is 8.79. The second kappa shape index (κ2) is 11.2. The summed E-state index contributed by atoms with van der Waals surface area (Å²) in [6, 6.07) is 22.1. The first kappa shape index (κ1) is 23.7. The molecule has 0 fully saturated rings. The number of nitrogens with zero attached hydrogens (tertiary/aromatic N) is 2. The molecule has 8 nitrogen and oxygen atoms in total. The highest BCUT2D eigenvalue weighted by molar-refractivity contribution is 6.03. The van der Waals surface area contributed by atoms with Crippen molar-refractivity contribution in [3.63, 3.8) is 0 Å². The number of hydrazone groups is 1. The molecule has 1 aliphatic heterocycles. The molecule has 1 atom stereocenters. The van der Waals surface area contributed by atoms with E-state index in [0.717, 1.165) is 51.3 Å². The van der Waals surface area contributed by atoms with Gasteiger partial charge in [-0.25, -0.2) is 10.4 Å². The quantitative estimate of drug-likeness (QED) is 0.258. The highest BCUT2D eigenvalue weighted by Gasteiger charge is 2.16. The van der Waals surface area contributed by atoms with E-state index in [1.54, 1.807) is 6.20 Å². The van der Waals surface area contributed by atoms with Crippen molar-refractivity contribution in [2.75, 3.05) is 19.7 Å². The maximum absolute atomic E-state index is 11.4. The van der Waals surface area contributed by atoms with Gasteiger partial charge in [-0.05, 0) is 30.0 Å². The lowest BCUT2D eigenvalue weighted by Gasteiger charge is -2.15. The summed E-state index contributed by atoms with van der Waals surface area (Å²) in [5, 5.41) is 20.0. The first-order valence-electron chi connectivity index (χ1n) is 12.2. The molecular formula is C28H29N5O3. The minimum Gasteiger partial charge on any atom is -0.490 e. The average molecular weight is 484 g/mol. The Bertz CT molecular complexity index is 1380. The van der Waals surface area contributed by atoms with E-state index in [2.05, 4.69) is 31.9 Å². The monoisotopic (exact) mass is 483 g/mol. The van der Waals surface area contributed by atoms with Gasteiger partial charge < -0.3 is 20.1 Å². The van der Waals surface area contributed by atoms with Crippen molar-refractivity contribution in [1.29, 1.82) is 0 Å². The van der Waals surface area contributed by atoms with Crippen molar-refractivity contribution < 1.29 is 14.6 Å². The number of rotatable bonds is 10. The number of aliphatic hydroxyl groups excluding tert-OH is 1. The Morgan fingerprint density at radius 2 is 1.86 bits per heavy atom. The summed E-state index contributed by atoms with van der Waals surface area (Å²) < 4.78 is 5.90. The van der Waals surface area contributed by atoms with Crippen molar-refractivity contribution in [3.05, 3.63) is 84.2 Å². The largest absolute Gasteiger partial charge is 0.490 e. The lowest BCUT2D eigenvalue weighted by molar-refractivity contribution is -0.121. The molecule has 3 aromatic carbocycles. The summed E-state index contributed by atoms with van der Waals surface area (Å²) >= 11 is 0. The van der Waals surface area contributed by atoms with Gasteiger partial charge in [0, 0.05) is 30.3 Å². The summed E-state index contributed by atoms with van der Waals surface area (Å²) in [6.45, 7) is 1.36. The number of carbonyl (C=O) groups is 1. The Morgan fingerprint density at radius 1 is 1.03 bits per heavy atom. The Balaban J connectivity index is 1.13. The van der Waals surface area contributed by atoms with E-state index in [4.69, 9.17) is 4.74 Å². The van der Waals surface area contributed by atoms with Gasteiger partial charge in [0.1, 0.15) is 24.3 Å². The van der Waals surface area contributed by atoms with Crippen LogP contribution < -0.4 is 15.5 Å². The van der Waals surface area contributed by atoms with E-state index < -0.39 is 6.10 Å². The number of aromatic amines is 1. The molecule has 1 amide bonds. The minimum atomic E-state index is -0.622. The number of H-pyrrole nitrogens is 1. The highest BCUT2D eigenvalue weighted by atomic mass is 16.5. The number of hydrogen-bond donors (Lipinski definition) is 4. The van der Waals surface area contributed by atoms with Gasteiger partial charge in [-0.15, -0.1) is 0 Å². The van der Waals surface area contributed by atoms with Crippen molar-refractivity contribution in [1.82, 2.24) is 20.7 Å². The molecule has 1 aromatic heterocycles. The Morgan fingerprint density at radius 3 is 2.75 bits per heavy atom. The summed E-state index contributed by atoms with van der Waals surface area (Å²) in [7, 11) is 0. The third-order valence-electron chi connectivity index (χ3n) is 6.20. The van der Waals surface area contributed by atoms with Gasteiger partial charge in [0.2, 0.25) is 5.91 Å². The SMILES string of the molecule is O=C1CCC(c2cnc(-c3ccccc3CCNCC(O)COc3cccc4ccccc34)[nH]2)=NN1. The molecule has 2 heterocycles. The van der Waals surface area contributed by atoms with Gasteiger partial charge in [-0.2, -0.15) is 5.10 Å². The molecule has 1 unspecified atom stereocenters. The molecule has 4 aromatic rings. The molecule has 0 bridgehead atoms. The van der Waals surface area contributed by atoms with Gasteiger partial charge in [-0.1, -0.05) is 60.7 Å². The number of ether oxygens (including phenoxy) is 1. The molecule has 184 valence electrons. The van der Waals surface area contributed by atoms with Crippen LogP contribution in [0.4, 0.5) is 0 Å². The van der Waals surface area contributed by atoms with Crippen LogP contribution in [0.25, 0.3) is 22.2 Å². The molecule has 0 saturated carbocycles. The number of aromatic nitrogens is 2. The van der Waals surface area contributed by atoms with Crippen molar-refractivity contribution >= 4 is 22.4 Å². The fourth-order valence-corrected chi connectivity index (χ4v) is 4.30. The molecule has 5 rings (SSSR count). The summed E-state index contributed by atoms with van der Waals surface area (Å²) in [5.74, 6) is 1.48. The number of benzene rings is 3. The Hall–Kier alpha value is -4.01. The number of imidazole rings is 1. The Labute approximate surface area is 209 Å². The molecular weight excluding hydrogens is 454 g/mol. The van der Waals surface area contributed by atoms with E-state index in [9.17, 15) is 9.90 Å². The normalized spacial score (nSPS) is 14.4. The highest BCUT2D eigenvalue weighted by Crippen LogP contribution is 2.25. The number of nitrogens with one attached hydrogen (secondary N) is 3. The first-order chi connectivity index (χ1) is 17.7. The number of aliphatic hydroxyl groups is 1. The number of hydrogen-bond acceptors (Lipinski definition) is 6. The predicted octanol–water partition coefficient (Wildman–Crippen LogP) is 3.42. The minimum absolute atomic E-state index is 0.0680. The molecule has 4 N–H and O–H groups in total. The van der Waals surface area contributed by atoms with Crippen LogP contribution in [-0.2, 0) is 11.2 Å². The van der Waals surface area contributed by atoms with Crippen molar-refractivity contribution in [3.8, 4) is 17.1 Å². The third kappa shape index (κ3) is 5.62. The lowest BCUT2D eigenvalue weighted by atomic mass is 10.0. The van der Waals surface area contributed by atoms with Gasteiger partial charge in [0.15, 0.2) is 0 Å². The van der Waals surface area contributed by atoms with Crippen LogP contribution in [-0.4, -0.2) is 52.5 Å². The molecule has 0 radical (unpaired) electrons.